The Bertz CT molecular complexity index is 467. The first-order valence-corrected chi connectivity index (χ1v) is 6.83. The highest BCUT2D eigenvalue weighted by atomic mass is 19.1. The number of hydrogen-bond donors (Lipinski definition) is 0. The number of likely N-dealkylation sites (N-methyl/N-ethyl adjacent to an activating group) is 2. The minimum absolute atomic E-state index is 0.0209. The summed E-state index contributed by atoms with van der Waals surface area (Å²) in [4.78, 5) is 16.0. The highest BCUT2D eigenvalue weighted by molar-refractivity contribution is 5.78. The number of ether oxygens (including phenoxy) is 1. The van der Waals surface area contributed by atoms with Crippen molar-refractivity contribution in [3.63, 3.8) is 0 Å². The molecule has 1 fully saturated rings. The summed E-state index contributed by atoms with van der Waals surface area (Å²) in [6.45, 7) is 3.03. The zero-order valence-corrected chi connectivity index (χ0v) is 12.0. The van der Waals surface area contributed by atoms with Gasteiger partial charge in [0.15, 0.2) is 0 Å². The summed E-state index contributed by atoms with van der Waals surface area (Å²) >= 11 is 0. The van der Waals surface area contributed by atoms with Crippen molar-refractivity contribution < 1.29 is 13.9 Å². The SMILES string of the molecule is CN1CCOC(CN(C)C(=O)Cc2cccc(F)c2)C1. The number of amides is 1. The van der Waals surface area contributed by atoms with E-state index >= 15 is 0 Å². The van der Waals surface area contributed by atoms with E-state index in [1.807, 2.05) is 7.05 Å². The van der Waals surface area contributed by atoms with E-state index in [1.165, 1.54) is 12.1 Å². The largest absolute Gasteiger partial charge is 0.374 e. The van der Waals surface area contributed by atoms with Gasteiger partial charge >= 0.3 is 0 Å². The van der Waals surface area contributed by atoms with E-state index in [0.29, 0.717) is 18.7 Å². The summed E-state index contributed by atoms with van der Waals surface area (Å²) in [5.74, 6) is -0.331. The summed E-state index contributed by atoms with van der Waals surface area (Å²) in [6.07, 6.45) is 0.270. The maximum atomic E-state index is 13.1. The standard InChI is InChI=1S/C15H21FN2O2/c1-17-6-7-20-14(10-17)11-18(2)15(19)9-12-4-3-5-13(16)8-12/h3-5,8,14H,6-7,9-11H2,1-2H3. The second-order valence-corrected chi connectivity index (χ2v) is 5.34. The van der Waals surface area contributed by atoms with Crippen molar-refractivity contribution in [2.24, 2.45) is 0 Å². The fourth-order valence-electron chi connectivity index (χ4n) is 2.34. The summed E-state index contributed by atoms with van der Waals surface area (Å²) in [5.41, 5.74) is 0.698. The van der Waals surface area contributed by atoms with Crippen molar-refractivity contribution in [2.45, 2.75) is 12.5 Å². The van der Waals surface area contributed by atoms with Crippen LogP contribution in [-0.4, -0.2) is 62.1 Å². The second-order valence-electron chi connectivity index (χ2n) is 5.34. The number of morpholine rings is 1. The van der Waals surface area contributed by atoms with Gasteiger partial charge in [-0.05, 0) is 24.7 Å². The average molecular weight is 280 g/mol. The molecule has 110 valence electrons. The number of rotatable bonds is 4. The second kappa shape index (κ2) is 6.81. The van der Waals surface area contributed by atoms with E-state index in [2.05, 4.69) is 4.90 Å². The lowest BCUT2D eigenvalue weighted by Crippen LogP contribution is -2.46. The molecule has 0 radical (unpaired) electrons. The fraction of sp³-hybridized carbons (Fsp3) is 0.533. The molecule has 0 bridgehead atoms. The normalized spacial score (nSPS) is 19.9. The number of halogens is 1. The third-order valence-corrected chi connectivity index (χ3v) is 3.49. The van der Waals surface area contributed by atoms with Crippen LogP contribution in [0.4, 0.5) is 4.39 Å². The molecule has 1 aliphatic rings. The monoisotopic (exact) mass is 280 g/mol. The molecule has 2 rings (SSSR count). The molecule has 5 heteroatoms. The third-order valence-electron chi connectivity index (χ3n) is 3.49. The van der Waals surface area contributed by atoms with Crippen molar-refractivity contribution in [1.29, 1.82) is 0 Å². The van der Waals surface area contributed by atoms with Gasteiger partial charge < -0.3 is 14.5 Å². The summed E-state index contributed by atoms with van der Waals surface area (Å²) in [6, 6.07) is 6.16. The molecule has 0 N–H and O–H groups in total. The zero-order chi connectivity index (χ0) is 14.5. The molecule has 4 nitrogen and oxygen atoms in total. The van der Waals surface area contributed by atoms with Crippen molar-refractivity contribution in [3.8, 4) is 0 Å². The van der Waals surface area contributed by atoms with Crippen LogP contribution in [0.5, 0.6) is 0 Å². The predicted octanol–water partition coefficient (Wildman–Crippen LogP) is 1.16. The summed E-state index contributed by atoms with van der Waals surface area (Å²) in [5, 5.41) is 0. The number of carbonyl (C=O) groups excluding carboxylic acids is 1. The lowest BCUT2D eigenvalue weighted by molar-refractivity contribution is -0.132. The van der Waals surface area contributed by atoms with Crippen LogP contribution >= 0.6 is 0 Å². The highest BCUT2D eigenvalue weighted by Crippen LogP contribution is 2.08. The topological polar surface area (TPSA) is 32.8 Å². The summed E-state index contributed by atoms with van der Waals surface area (Å²) < 4.78 is 18.7. The lowest BCUT2D eigenvalue weighted by atomic mass is 10.1. The van der Waals surface area contributed by atoms with Crippen LogP contribution in [0.1, 0.15) is 5.56 Å². The van der Waals surface area contributed by atoms with E-state index in [-0.39, 0.29) is 24.2 Å². The first-order chi connectivity index (χ1) is 9.54. The molecule has 20 heavy (non-hydrogen) atoms. The van der Waals surface area contributed by atoms with Crippen LogP contribution in [0.3, 0.4) is 0 Å². The van der Waals surface area contributed by atoms with Gasteiger partial charge in [-0.25, -0.2) is 4.39 Å². The molecule has 1 atom stereocenters. The van der Waals surface area contributed by atoms with Gasteiger partial charge in [-0.15, -0.1) is 0 Å². The molecule has 1 heterocycles. The van der Waals surface area contributed by atoms with Crippen LogP contribution in [0.15, 0.2) is 24.3 Å². The molecular weight excluding hydrogens is 259 g/mol. The molecule has 1 amide bonds. The Balaban J connectivity index is 1.85. The maximum Gasteiger partial charge on any atom is 0.226 e. The molecule has 1 saturated heterocycles. The van der Waals surface area contributed by atoms with Crippen molar-refractivity contribution >= 4 is 5.91 Å². The maximum absolute atomic E-state index is 13.1. The smallest absolute Gasteiger partial charge is 0.226 e. The van der Waals surface area contributed by atoms with E-state index in [1.54, 1.807) is 24.1 Å². The van der Waals surface area contributed by atoms with Crippen LogP contribution in [0.25, 0.3) is 0 Å². The highest BCUT2D eigenvalue weighted by Gasteiger charge is 2.21. The lowest BCUT2D eigenvalue weighted by Gasteiger charge is -2.32. The van der Waals surface area contributed by atoms with Crippen LogP contribution in [0, 0.1) is 5.82 Å². The van der Waals surface area contributed by atoms with Gasteiger partial charge in [0.05, 0.1) is 19.1 Å². The molecule has 1 aromatic carbocycles. The molecular formula is C15H21FN2O2. The molecule has 1 unspecified atom stereocenters. The van der Waals surface area contributed by atoms with Crippen molar-refractivity contribution in [3.05, 3.63) is 35.6 Å². The minimum Gasteiger partial charge on any atom is -0.374 e. The van der Waals surface area contributed by atoms with Crippen LogP contribution < -0.4 is 0 Å². The Labute approximate surface area is 119 Å². The first-order valence-electron chi connectivity index (χ1n) is 6.83. The van der Waals surface area contributed by atoms with Gasteiger partial charge in [0.1, 0.15) is 5.82 Å². The van der Waals surface area contributed by atoms with Crippen LogP contribution in [-0.2, 0) is 16.0 Å². The van der Waals surface area contributed by atoms with E-state index in [0.717, 1.165) is 13.1 Å². The van der Waals surface area contributed by atoms with Crippen molar-refractivity contribution in [1.82, 2.24) is 9.80 Å². The Hall–Kier alpha value is -1.46. The minimum atomic E-state index is -0.310. The number of nitrogens with zero attached hydrogens (tertiary/aromatic N) is 2. The van der Waals surface area contributed by atoms with E-state index in [9.17, 15) is 9.18 Å². The van der Waals surface area contributed by atoms with Gasteiger partial charge in [0.2, 0.25) is 5.91 Å². The van der Waals surface area contributed by atoms with Crippen LogP contribution in [0.2, 0.25) is 0 Å². The quantitative estimate of drug-likeness (QED) is 0.829. The average Bonchev–Trinajstić information content (AvgIpc) is 2.38. The number of carbonyl (C=O) groups is 1. The van der Waals surface area contributed by atoms with Crippen molar-refractivity contribution in [2.75, 3.05) is 40.3 Å². The van der Waals surface area contributed by atoms with E-state index in [4.69, 9.17) is 4.74 Å². The molecule has 0 spiro atoms. The molecule has 0 saturated carbocycles. The predicted molar refractivity (Wildman–Crippen MR) is 75.0 cm³/mol. The third kappa shape index (κ3) is 4.28. The van der Waals surface area contributed by atoms with Gasteiger partial charge in [-0.3, -0.25) is 4.79 Å². The fourth-order valence-corrected chi connectivity index (χ4v) is 2.34. The van der Waals surface area contributed by atoms with Gasteiger partial charge in [-0.1, -0.05) is 12.1 Å². The first kappa shape index (κ1) is 14.9. The number of hydrogen-bond acceptors (Lipinski definition) is 3. The van der Waals surface area contributed by atoms with Gasteiger partial charge in [0.25, 0.3) is 0 Å². The molecule has 1 aromatic rings. The summed E-state index contributed by atoms with van der Waals surface area (Å²) in [7, 11) is 3.81. The van der Waals surface area contributed by atoms with Gasteiger partial charge in [-0.2, -0.15) is 0 Å². The Morgan fingerprint density at radius 3 is 3.05 bits per heavy atom. The zero-order valence-electron chi connectivity index (χ0n) is 12.0. The Morgan fingerprint density at radius 1 is 1.55 bits per heavy atom. The van der Waals surface area contributed by atoms with Gasteiger partial charge in [0, 0.05) is 26.7 Å². The molecule has 0 aliphatic carbocycles. The number of benzene rings is 1. The van der Waals surface area contributed by atoms with E-state index < -0.39 is 0 Å². The molecule has 1 aliphatic heterocycles. The Kier molecular flexibility index (Phi) is 5.09. The molecule has 0 aromatic heterocycles. The Morgan fingerprint density at radius 2 is 2.35 bits per heavy atom.